The van der Waals surface area contributed by atoms with Gasteiger partial charge in [0.05, 0.1) is 10.6 Å². The van der Waals surface area contributed by atoms with E-state index < -0.39 is 0 Å². The molecule has 1 N–H and O–H groups in total. The van der Waals surface area contributed by atoms with Crippen LogP contribution in [0.5, 0.6) is 0 Å². The molecule has 2 aliphatic carbocycles. The van der Waals surface area contributed by atoms with Crippen LogP contribution in [-0.4, -0.2) is 21.9 Å². The molecule has 0 spiro atoms. The maximum atomic E-state index is 12.6. The van der Waals surface area contributed by atoms with E-state index in [9.17, 15) is 4.79 Å². The van der Waals surface area contributed by atoms with Crippen LogP contribution in [0.3, 0.4) is 0 Å². The lowest BCUT2D eigenvalue weighted by molar-refractivity contribution is 0.0939. The molecule has 2 aromatic heterocycles. The summed E-state index contributed by atoms with van der Waals surface area (Å²) >= 11 is 1.52. The maximum Gasteiger partial charge on any atom is 0.261 e. The monoisotopic (exact) mass is 315 g/mol. The summed E-state index contributed by atoms with van der Waals surface area (Å²) in [6, 6.07) is 0.270. The van der Waals surface area contributed by atoms with Crippen molar-refractivity contribution in [3.05, 3.63) is 22.0 Å². The van der Waals surface area contributed by atoms with Crippen LogP contribution in [0, 0.1) is 19.8 Å². The molecule has 2 saturated carbocycles. The van der Waals surface area contributed by atoms with Crippen molar-refractivity contribution in [2.24, 2.45) is 5.92 Å². The summed E-state index contributed by atoms with van der Waals surface area (Å²) in [6.45, 7) is 6.15. The van der Waals surface area contributed by atoms with Crippen molar-refractivity contribution in [3.63, 3.8) is 0 Å². The zero-order valence-corrected chi connectivity index (χ0v) is 14.1. The highest BCUT2D eigenvalue weighted by Crippen LogP contribution is 2.40. The highest BCUT2D eigenvalue weighted by atomic mass is 32.1. The van der Waals surface area contributed by atoms with Gasteiger partial charge in [0.1, 0.15) is 10.7 Å². The standard InChI is InChI=1S/C17H21N3OS/c1-8-13-10(3)18-15(12-6-7-12)20-17(13)22-14(8)16(21)19-9(2)11-4-5-11/h9,11-12H,4-7H2,1-3H3,(H,19,21). The van der Waals surface area contributed by atoms with Gasteiger partial charge < -0.3 is 5.32 Å². The van der Waals surface area contributed by atoms with Crippen molar-refractivity contribution >= 4 is 27.5 Å². The van der Waals surface area contributed by atoms with Crippen LogP contribution in [-0.2, 0) is 0 Å². The molecular formula is C17H21N3OS. The van der Waals surface area contributed by atoms with Gasteiger partial charge in [0, 0.05) is 17.3 Å². The first kappa shape index (κ1) is 14.1. The Balaban J connectivity index is 1.69. The van der Waals surface area contributed by atoms with Gasteiger partial charge in [-0.2, -0.15) is 0 Å². The van der Waals surface area contributed by atoms with E-state index in [-0.39, 0.29) is 11.9 Å². The van der Waals surface area contributed by atoms with Crippen molar-refractivity contribution < 1.29 is 4.79 Å². The van der Waals surface area contributed by atoms with Gasteiger partial charge in [-0.3, -0.25) is 4.79 Å². The Morgan fingerprint density at radius 3 is 2.59 bits per heavy atom. The third kappa shape index (κ3) is 2.41. The van der Waals surface area contributed by atoms with Gasteiger partial charge >= 0.3 is 0 Å². The molecule has 1 atom stereocenters. The summed E-state index contributed by atoms with van der Waals surface area (Å²) in [6.07, 6.45) is 4.87. The van der Waals surface area contributed by atoms with E-state index in [4.69, 9.17) is 4.98 Å². The van der Waals surface area contributed by atoms with Gasteiger partial charge in [-0.15, -0.1) is 11.3 Å². The summed E-state index contributed by atoms with van der Waals surface area (Å²) in [4.78, 5) is 23.7. The third-order valence-corrected chi connectivity index (χ3v) is 6.01. The molecule has 2 aliphatic rings. The van der Waals surface area contributed by atoms with Gasteiger partial charge in [0.2, 0.25) is 0 Å². The molecule has 2 heterocycles. The molecule has 22 heavy (non-hydrogen) atoms. The molecule has 0 bridgehead atoms. The molecule has 1 unspecified atom stereocenters. The van der Waals surface area contributed by atoms with E-state index >= 15 is 0 Å². The van der Waals surface area contributed by atoms with Gasteiger partial charge in [0.15, 0.2) is 0 Å². The van der Waals surface area contributed by atoms with Crippen molar-refractivity contribution in [1.82, 2.24) is 15.3 Å². The number of hydrogen-bond donors (Lipinski definition) is 1. The minimum atomic E-state index is 0.0484. The first-order valence-electron chi connectivity index (χ1n) is 8.13. The highest BCUT2D eigenvalue weighted by Gasteiger charge is 2.31. The van der Waals surface area contributed by atoms with Crippen molar-refractivity contribution in [2.75, 3.05) is 0 Å². The number of carbonyl (C=O) groups is 1. The van der Waals surface area contributed by atoms with Crippen molar-refractivity contribution in [1.29, 1.82) is 0 Å². The van der Waals surface area contributed by atoms with Crippen LogP contribution in [0.2, 0.25) is 0 Å². The first-order valence-corrected chi connectivity index (χ1v) is 8.94. The number of rotatable bonds is 4. The van der Waals surface area contributed by atoms with Crippen LogP contribution < -0.4 is 5.32 Å². The zero-order chi connectivity index (χ0) is 15.4. The molecule has 1 amide bonds. The first-order chi connectivity index (χ1) is 10.5. The van der Waals surface area contributed by atoms with Gasteiger partial charge in [-0.05, 0) is 57.9 Å². The number of aryl methyl sites for hydroxylation is 2. The number of hydrogen-bond acceptors (Lipinski definition) is 4. The third-order valence-electron chi connectivity index (χ3n) is 4.82. The van der Waals surface area contributed by atoms with Crippen LogP contribution >= 0.6 is 11.3 Å². The van der Waals surface area contributed by atoms with Crippen LogP contribution in [0.1, 0.15) is 65.3 Å². The molecule has 0 aliphatic heterocycles. The van der Waals surface area contributed by atoms with Crippen molar-refractivity contribution in [2.45, 2.75) is 58.4 Å². The summed E-state index contributed by atoms with van der Waals surface area (Å²) in [7, 11) is 0. The van der Waals surface area contributed by atoms with Crippen LogP contribution in [0.15, 0.2) is 0 Å². The van der Waals surface area contributed by atoms with Crippen molar-refractivity contribution in [3.8, 4) is 0 Å². The Morgan fingerprint density at radius 2 is 1.95 bits per heavy atom. The zero-order valence-electron chi connectivity index (χ0n) is 13.3. The van der Waals surface area contributed by atoms with Gasteiger partial charge in [-0.25, -0.2) is 9.97 Å². The lowest BCUT2D eigenvalue weighted by atomic mass is 10.1. The predicted octanol–water partition coefficient (Wildman–Crippen LogP) is 3.71. The van der Waals surface area contributed by atoms with E-state index in [2.05, 4.69) is 17.2 Å². The number of aromatic nitrogens is 2. The smallest absolute Gasteiger partial charge is 0.261 e. The highest BCUT2D eigenvalue weighted by molar-refractivity contribution is 7.20. The summed E-state index contributed by atoms with van der Waals surface area (Å²) in [5, 5.41) is 4.22. The van der Waals surface area contributed by atoms with Crippen LogP contribution in [0.4, 0.5) is 0 Å². The number of fused-ring (bicyclic) bond motifs is 1. The Bertz CT molecular complexity index is 759. The lowest BCUT2D eigenvalue weighted by Gasteiger charge is -2.12. The predicted molar refractivity (Wildman–Crippen MR) is 88.5 cm³/mol. The largest absolute Gasteiger partial charge is 0.349 e. The van der Waals surface area contributed by atoms with Gasteiger partial charge in [-0.1, -0.05) is 0 Å². The Labute approximate surface area is 134 Å². The molecule has 2 aromatic rings. The molecule has 116 valence electrons. The molecule has 4 nitrogen and oxygen atoms in total. The fourth-order valence-corrected chi connectivity index (χ4v) is 4.23. The number of nitrogens with zero attached hydrogens (tertiary/aromatic N) is 2. The second-order valence-electron chi connectivity index (χ2n) is 6.78. The topological polar surface area (TPSA) is 54.9 Å². The molecular weight excluding hydrogens is 294 g/mol. The minimum absolute atomic E-state index is 0.0484. The Kier molecular flexibility index (Phi) is 3.22. The van der Waals surface area contributed by atoms with E-state index in [1.807, 2.05) is 13.8 Å². The fourth-order valence-electron chi connectivity index (χ4n) is 3.09. The summed E-state index contributed by atoms with van der Waals surface area (Å²) < 4.78 is 0. The molecule has 0 saturated heterocycles. The molecule has 4 rings (SSSR count). The van der Waals surface area contributed by atoms with Crippen LogP contribution in [0.25, 0.3) is 10.2 Å². The number of carbonyl (C=O) groups excluding carboxylic acids is 1. The number of nitrogens with one attached hydrogen (secondary N) is 1. The molecule has 0 radical (unpaired) electrons. The molecule has 5 heteroatoms. The Morgan fingerprint density at radius 1 is 1.23 bits per heavy atom. The maximum absolute atomic E-state index is 12.6. The SMILES string of the molecule is Cc1nc(C2CC2)nc2sc(C(=O)NC(C)C3CC3)c(C)c12. The minimum Gasteiger partial charge on any atom is -0.349 e. The fraction of sp³-hybridized carbons (Fsp3) is 0.588. The number of thiophene rings is 1. The normalized spacial score (nSPS) is 19.4. The van der Waals surface area contributed by atoms with E-state index in [1.165, 1.54) is 37.0 Å². The summed E-state index contributed by atoms with van der Waals surface area (Å²) in [5.41, 5.74) is 2.04. The Hall–Kier alpha value is -1.49. The second kappa shape index (κ2) is 5.01. The quantitative estimate of drug-likeness (QED) is 0.935. The molecule has 2 fully saturated rings. The molecule has 0 aromatic carbocycles. The van der Waals surface area contributed by atoms with E-state index in [1.54, 1.807) is 0 Å². The second-order valence-corrected chi connectivity index (χ2v) is 7.78. The average Bonchev–Trinajstić information content (AvgIpc) is 3.36. The number of amides is 1. The van der Waals surface area contributed by atoms with E-state index in [0.717, 1.165) is 32.2 Å². The van der Waals surface area contributed by atoms with Gasteiger partial charge in [0.25, 0.3) is 5.91 Å². The average molecular weight is 315 g/mol. The summed E-state index contributed by atoms with van der Waals surface area (Å²) in [5.74, 6) is 2.22. The van der Waals surface area contributed by atoms with E-state index in [0.29, 0.717) is 11.8 Å². The lowest BCUT2D eigenvalue weighted by Crippen LogP contribution is -2.33.